The average molecular weight is 504 g/mol. The first-order chi connectivity index (χ1) is 15.7. The van der Waals surface area contributed by atoms with Gasteiger partial charge in [0.1, 0.15) is 5.58 Å². The largest absolute Gasteiger partial charge is 0.454 e. The topological polar surface area (TPSA) is 103 Å². The molecule has 0 unspecified atom stereocenters. The standard InChI is InChI=1S/C23H15Cl2NO6S/c24-18-10-9-17(12-19(18)25)33(29,30)26-16-7-5-14(6-8-16)23(28)31-13-20(27)22-11-15-3-1-2-4-21(15)32-22/h1-12,26H,13H2. The number of rotatable bonds is 7. The van der Waals surface area contributed by atoms with Gasteiger partial charge in [0.05, 0.1) is 20.5 Å². The number of anilines is 1. The Labute approximate surface area is 198 Å². The highest BCUT2D eigenvalue weighted by atomic mass is 35.5. The highest BCUT2D eigenvalue weighted by molar-refractivity contribution is 7.92. The third-order valence-corrected chi connectivity index (χ3v) is 6.73. The van der Waals surface area contributed by atoms with Gasteiger partial charge < -0.3 is 9.15 Å². The van der Waals surface area contributed by atoms with Crippen LogP contribution >= 0.6 is 23.2 Å². The van der Waals surface area contributed by atoms with E-state index in [0.717, 1.165) is 5.39 Å². The molecule has 0 aliphatic heterocycles. The third-order valence-electron chi connectivity index (χ3n) is 4.61. The predicted octanol–water partition coefficient (Wildman–Crippen LogP) is 5.58. The van der Waals surface area contributed by atoms with E-state index in [9.17, 15) is 18.0 Å². The van der Waals surface area contributed by atoms with Gasteiger partial charge in [0, 0.05) is 11.1 Å². The van der Waals surface area contributed by atoms with Crippen molar-refractivity contribution in [3.8, 4) is 0 Å². The van der Waals surface area contributed by atoms with E-state index in [0.29, 0.717) is 5.58 Å². The van der Waals surface area contributed by atoms with Crippen LogP contribution in [0.1, 0.15) is 20.9 Å². The number of hydrogen-bond acceptors (Lipinski definition) is 6. The smallest absolute Gasteiger partial charge is 0.338 e. The quantitative estimate of drug-likeness (QED) is 0.260. The van der Waals surface area contributed by atoms with Crippen LogP contribution in [0.4, 0.5) is 5.69 Å². The SMILES string of the molecule is O=C(OCC(=O)c1cc2ccccc2o1)c1ccc(NS(=O)(=O)c2ccc(Cl)c(Cl)c2)cc1. The molecule has 10 heteroatoms. The van der Waals surface area contributed by atoms with Crippen molar-refractivity contribution in [3.63, 3.8) is 0 Å². The maximum Gasteiger partial charge on any atom is 0.338 e. The van der Waals surface area contributed by atoms with E-state index in [1.54, 1.807) is 24.3 Å². The number of benzene rings is 3. The molecule has 3 aromatic carbocycles. The molecule has 0 spiro atoms. The lowest BCUT2D eigenvalue weighted by Crippen LogP contribution is -2.15. The molecule has 1 heterocycles. The molecule has 1 aromatic heterocycles. The van der Waals surface area contributed by atoms with Crippen LogP contribution in [0, 0.1) is 0 Å². The normalized spacial score (nSPS) is 11.3. The number of ketones is 1. The lowest BCUT2D eigenvalue weighted by atomic mass is 10.2. The Balaban J connectivity index is 1.38. The van der Waals surface area contributed by atoms with Gasteiger partial charge in [-0.3, -0.25) is 9.52 Å². The van der Waals surface area contributed by atoms with Crippen LogP contribution in [0.25, 0.3) is 11.0 Å². The van der Waals surface area contributed by atoms with E-state index in [1.807, 2.05) is 6.07 Å². The molecular formula is C23H15Cl2NO6S. The van der Waals surface area contributed by atoms with Crippen molar-refractivity contribution in [1.82, 2.24) is 0 Å². The number of carbonyl (C=O) groups excluding carboxylic acids is 2. The Morgan fingerprint density at radius 2 is 1.64 bits per heavy atom. The molecule has 0 saturated carbocycles. The number of Topliss-reactive ketones (excluding diaryl/α,β-unsaturated/α-hetero) is 1. The van der Waals surface area contributed by atoms with Crippen molar-refractivity contribution in [2.75, 3.05) is 11.3 Å². The summed E-state index contributed by atoms with van der Waals surface area (Å²) in [5.41, 5.74) is 0.923. The molecule has 1 N–H and O–H groups in total. The van der Waals surface area contributed by atoms with Crippen molar-refractivity contribution in [2.45, 2.75) is 4.90 Å². The first-order valence-corrected chi connectivity index (χ1v) is 11.7. The second kappa shape index (κ2) is 9.27. The van der Waals surface area contributed by atoms with Gasteiger partial charge >= 0.3 is 5.97 Å². The van der Waals surface area contributed by atoms with Crippen LogP contribution in [-0.2, 0) is 14.8 Å². The Hall–Kier alpha value is -3.33. The summed E-state index contributed by atoms with van der Waals surface area (Å²) in [4.78, 5) is 24.5. The zero-order chi connectivity index (χ0) is 23.6. The number of furan rings is 1. The highest BCUT2D eigenvalue weighted by Crippen LogP contribution is 2.26. The van der Waals surface area contributed by atoms with E-state index in [2.05, 4.69) is 4.72 Å². The molecule has 168 valence electrons. The number of esters is 1. The molecule has 0 aliphatic rings. The Morgan fingerprint density at radius 3 is 2.33 bits per heavy atom. The second-order valence-corrected chi connectivity index (χ2v) is 9.40. The molecule has 0 bridgehead atoms. The lowest BCUT2D eigenvalue weighted by Gasteiger charge is -2.09. The maximum atomic E-state index is 12.5. The van der Waals surface area contributed by atoms with Crippen molar-refractivity contribution in [3.05, 3.63) is 94.2 Å². The van der Waals surface area contributed by atoms with Gasteiger partial charge in [-0.25, -0.2) is 13.2 Å². The number of carbonyl (C=O) groups is 2. The minimum absolute atomic E-state index is 0.0653. The first-order valence-electron chi connectivity index (χ1n) is 9.50. The molecule has 33 heavy (non-hydrogen) atoms. The summed E-state index contributed by atoms with van der Waals surface area (Å²) in [5, 5.41) is 1.11. The monoisotopic (exact) mass is 503 g/mol. The van der Waals surface area contributed by atoms with Gasteiger partial charge in [0.2, 0.25) is 5.78 Å². The van der Waals surface area contributed by atoms with Crippen molar-refractivity contribution >= 4 is 61.6 Å². The fourth-order valence-electron chi connectivity index (χ4n) is 2.94. The number of nitrogens with one attached hydrogen (secondary N) is 1. The van der Waals surface area contributed by atoms with Crippen molar-refractivity contribution in [1.29, 1.82) is 0 Å². The molecule has 7 nitrogen and oxygen atoms in total. The van der Waals surface area contributed by atoms with E-state index in [-0.39, 0.29) is 32.0 Å². The Morgan fingerprint density at radius 1 is 0.909 bits per heavy atom. The van der Waals surface area contributed by atoms with Gasteiger partial charge in [0.25, 0.3) is 10.0 Å². The van der Waals surface area contributed by atoms with Gasteiger partial charge in [0.15, 0.2) is 12.4 Å². The van der Waals surface area contributed by atoms with Gasteiger partial charge in [-0.1, -0.05) is 41.4 Å². The minimum Gasteiger partial charge on any atom is -0.454 e. The third kappa shape index (κ3) is 5.19. The molecule has 4 aromatic rings. The van der Waals surface area contributed by atoms with Crippen LogP contribution in [0.3, 0.4) is 0 Å². The summed E-state index contributed by atoms with van der Waals surface area (Å²) in [5.74, 6) is -1.13. The summed E-state index contributed by atoms with van der Waals surface area (Å²) in [7, 11) is -3.91. The number of para-hydroxylation sites is 1. The lowest BCUT2D eigenvalue weighted by molar-refractivity contribution is 0.0468. The molecule has 4 rings (SSSR count). The number of halogens is 2. The van der Waals surface area contributed by atoms with Crippen LogP contribution in [0.5, 0.6) is 0 Å². The van der Waals surface area contributed by atoms with Gasteiger partial charge in [-0.05, 0) is 54.6 Å². The number of sulfonamides is 1. The summed E-state index contributed by atoms with van der Waals surface area (Å²) in [6.45, 7) is -0.496. The highest BCUT2D eigenvalue weighted by Gasteiger charge is 2.18. The number of hydrogen-bond donors (Lipinski definition) is 1. The van der Waals surface area contributed by atoms with E-state index in [1.165, 1.54) is 42.5 Å². The van der Waals surface area contributed by atoms with Crippen LogP contribution in [0.15, 0.2) is 82.1 Å². The molecule has 0 atom stereocenters. The summed E-state index contributed by atoms with van der Waals surface area (Å²) < 4.78 is 37.9. The summed E-state index contributed by atoms with van der Waals surface area (Å²) >= 11 is 11.7. The van der Waals surface area contributed by atoms with E-state index < -0.39 is 28.4 Å². The average Bonchev–Trinajstić information content (AvgIpc) is 3.24. The molecule has 0 fully saturated rings. The van der Waals surface area contributed by atoms with Gasteiger partial charge in [-0.2, -0.15) is 0 Å². The second-order valence-electron chi connectivity index (χ2n) is 6.91. The predicted molar refractivity (Wildman–Crippen MR) is 125 cm³/mol. The van der Waals surface area contributed by atoms with Crippen LogP contribution in [0.2, 0.25) is 10.0 Å². The zero-order valence-corrected chi connectivity index (χ0v) is 19.1. The van der Waals surface area contributed by atoms with Crippen molar-refractivity contribution in [2.24, 2.45) is 0 Å². The Bertz CT molecular complexity index is 1430. The fraction of sp³-hybridized carbons (Fsp3) is 0.0435. The van der Waals surface area contributed by atoms with Crippen LogP contribution in [-0.4, -0.2) is 26.8 Å². The Kier molecular flexibility index (Phi) is 6.42. The summed E-state index contributed by atoms with van der Waals surface area (Å²) in [6, 6.07) is 18.2. The van der Waals surface area contributed by atoms with Crippen LogP contribution < -0.4 is 4.72 Å². The number of fused-ring (bicyclic) bond motifs is 1. The number of ether oxygens (including phenoxy) is 1. The first kappa shape index (κ1) is 22.8. The minimum atomic E-state index is -3.91. The van der Waals surface area contributed by atoms with E-state index >= 15 is 0 Å². The molecule has 0 radical (unpaired) electrons. The van der Waals surface area contributed by atoms with Gasteiger partial charge in [-0.15, -0.1) is 0 Å². The van der Waals surface area contributed by atoms with E-state index in [4.69, 9.17) is 32.4 Å². The zero-order valence-electron chi connectivity index (χ0n) is 16.7. The molecule has 0 saturated heterocycles. The maximum absolute atomic E-state index is 12.5. The summed E-state index contributed by atoms with van der Waals surface area (Å²) in [6.07, 6.45) is 0. The molecule has 0 aliphatic carbocycles. The molecule has 0 amide bonds. The molecular weight excluding hydrogens is 489 g/mol. The fourth-order valence-corrected chi connectivity index (χ4v) is 4.38. The van der Waals surface area contributed by atoms with Crippen molar-refractivity contribution < 1.29 is 27.2 Å².